The molecule has 0 aliphatic carbocycles. The summed E-state index contributed by atoms with van der Waals surface area (Å²) in [6.45, 7) is 7.53. The Hall–Kier alpha value is -1.59. The number of carbonyl (C=O) groups excluding carboxylic acids is 1. The molecule has 22 heavy (non-hydrogen) atoms. The van der Waals surface area contributed by atoms with Crippen LogP contribution in [0.4, 0.5) is 4.79 Å². The second-order valence-electron chi connectivity index (χ2n) is 6.86. The Bertz CT molecular complexity index is 498. The van der Waals surface area contributed by atoms with Crippen molar-refractivity contribution in [1.82, 2.24) is 10.6 Å². The first-order valence-corrected chi connectivity index (χ1v) is 7.73. The lowest BCUT2D eigenvalue weighted by Gasteiger charge is -2.27. The summed E-state index contributed by atoms with van der Waals surface area (Å²) in [6.07, 6.45) is -0.451. The maximum absolute atomic E-state index is 12.1. The average Bonchev–Trinajstić information content (AvgIpc) is 2.73. The molecule has 0 bridgehead atoms. The highest BCUT2D eigenvalue weighted by Crippen LogP contribution is 2.31. The van der Waals surface area contributed by atoms with Crippen molar-refractivity contribution >= 4 is 6.09 Å². The maximum Gasteiger partial charge on any atom is 0.407 e. The van der Waals surface area contributed by atoms with Crippen LogP contribution in [0.1, 0.15) is 39.3 Å². The van der Waals surface area contributed by atoms with Gasteiger partial charge in [-0.1, -0.05) is 30.3 Å². The number of rotatable bonds is 3. The van der Waals surface area contributed by atoms with E-state index in [-0.39, 0.29) is 30.7 Å². The minimum atomic E-state index is -0.543. The van der Waals surface area contributed by atoms with Gasteiger partial charge in [0, 0.05) is 18.6 Å². The molecule has 0 radical (unpaired) electrons. The van der Waals surface area contributed by atoms with E-state index in [0.717, 1.165) is 5.56 Å². The summed E-state index contributed by atoms with van der Waals surface area (Å²) in [6, 6.07) is 9.80. The number of ether oxygens (including phenoxy) is 1. The lowest BCUT2D eigenvalue weighted by Crippen LogP contribution is -2.45. The van der Waals surface area contributed by atoms with Gasteiger partial charge < -0.3 is 20.5 Å². The van der Waals surface area contributed by atoms with Gasteiger partial charge in [-0.15, -0.1) is 0 Å². The minimum absolute atomic E-state index is 0.0119. The molecule has 1 amide bonds. The summed E-state index contributed by atoms with van der Waals surface area (Å²) in [5.41, 5.74) is 0.546. The van der Waals surface area contributed by atoms with Crippen LogP contribution in [0, 0.1) is 5.92 Å². The van der Waals surface area contributed by atoms with Crippen molar-refractivity contribution in [3.63, 3.8) is 0 Å². The quantitative estimate of drug-likeness (QED) is 0.801. The highest BCUT2D eigenvalue weighted by Gasteiger charge is 2.42. The van der Waals surface area contributed by atoms with Gasteiger partial charge in [0.15, 0.2) is 0 Å². The smallest absolute Gasteiger partial charge is 0.407 e. The molecule has 5 nitrogen and oxygen atoms in total. The Morgan fingerprint density at radius 3 is 2.50 bits per heavy atom. The van der Waals surface area contributed by atoms with Gasteiger partial charge in [-0.05, 0) is 33.3 Å². The van der Waals surface area contributed by atoms with Crippen LogP contribution in [-0.4, -0.2) is 35.5 Å². The molecule has 0 spiro atoms. The fourth-order valence-electron chi connectivity index (χ4n) is 2.94. The van der Waals surface area contributed by atoms with E-state index >= 15 is 0 Å². The van der Waals surface area contributed by atoms with E-state index in [1.165, 1.54) is 0 Å². The molecule has 1 aliphatic rings. The third-order valence-corrected chi connectivity index (χ3v) is 3.96. The molecule has 4 atom stereocenters. The normalized spacial score (nSPS) is 28.4. The standard InChI is InChI=1S/C17H26N2O3/c1-11-13(10-20)15(19-16(21)22-17(2,3)4)14(18-11)12-8-6-5-7-9-12/h5-9,11,13-15,18,20H,10H2,1-4H3,(H,19,21). The van der Waals surface area contributed by atoms with Gasteiger partial charge in [-0.3, -0.25) is 0 Å². The van der Waals surface area contributed by atoms with Crippen molar-refractivity contribution in [2.24, 2.45) is 5.92 Å². The largest absolute Gasteiger partial charge is 0.444 e. The molecule has 122 valence electrons. The molecule has 0 saturated carbocycles. The monoisotopic (exact) mass is 306 g/mol. The van der Waals surface area contributed by atoms with E-state index in [4.69, 9.17) is 4.74 Å². The minimum Gasteiger partial charge on any atom is -0.444 e. The van der Waals surface area contributed by atoms with Crippen LogP contribution in [0.2, 0.25) is 0 Å². The van der Waals surface area contributed by atoms with Crippen molar-refractivity contribution in [3.05, 3.63) is 35.9 Å². The highest BCUT2D eigenvalue weighted by molar-refractivity contribution is 5.68. The van der Waals surface area contributed by atoms with Gasteiger partial charge in [-0.2, -0.15) is 0 Å². The predicted octanol–water partition coefficient (Wildman–Crippen LogP) is 2.22. The summed E-state index contributed by atoms with van der Waals surface area (Å²) < 4.78 is 5.35. The second-order valence-corrected chi connectivity index (χ2v) is 6.86. The summed E-state index contributed by atoms with van der Waals surface area (Å²) >= 11 is 0. The lowest BCUT2D eigenvalue weighted by molar-refractivity contribution is 0.0474. The van der Waals surface area contributed by atoms with Crippen LogP contribution in [-0.2, 0) is 4.74 Å². The molecule has 1 aliphatic heterocycles. The average molecular weight is 306 g/mol. The van der Waals surface area contributed by atoms with E-state index in [2.05, 4.69) is 10.6 Å². The second kappa shape index (κ2) is 6.67. The molecule has 1 heterocycles. The van der Waals surface area contributed by atoms with E-state index in [0.29, 0.717) is 0 Å². The zero-order valence-electron chi connectivity index (χ0n) is 13.7. The molecule has 3 N–H and O–H groups in total. The molecule has 2 rings (SSSR count). The number of nitrogens with one attached hydrogen (secondary N) is 2. The highest BCUT2D eigenvalue weighted by atomic mass is 16.6. The number of aliphatic hydroxyl groups excluding tert-OH is 1. The summed E-state index contributed by atoms with van der Waals surface area (Å²) in [5.74, 6) is -0.0577. The van der Waals surface area contributed by atoms with E-state index in [1.54, 1.807) is 0 Å². The molecule has 1 aromatic carbocycles. The third-order valence-electron chi connectivity index (χ3n) is 3.96. The Labute approximate surface area is 132 Å². The van der Waals surface area contributed by atoms with Gasteiger partial charge in [0.2, 0.25) is 0 Å². The van der Waals surface area contributed by atoms with Crippen molar-refractivity contribution in [3.8, 4) is 0 Å². The van der Waals surface area contributed by atoms with Crippen LogP contribution in [0.3, 0.4) is 0 Å². The summed E-state index contributed by atoms with van der Waals surface area (Å²) in [7, 11) is 0. The topological polar surface area (TPSA) is 70.6 Å². The number of carbonyl (C=O) groups is 1. The first-order chi connectivity index (χ1) is 10.3. The number of hydrogen-bond acceptors (Lipinski definition) is 4. The number of benzene rings is 1. The predicted molar refractivity (Wildman–Crippen MR) is 85.5 cm³/mol. The summed E-state index contributed by atoms with van der Waals surface area (Å²) in [5, 5.41) is 16.1. The zero-order valence-corrected chi connectivity index (χ0v) is 13.7. The molecular formula is C17H26N2O3. The summed E-state index contributed by atoms with van der Waals surface area (Å²) in [4.78, 5) is 12.1. The van der Waals surface area contributed by atoms with Gasteiger partial charge in [0.1, 0.15) is 5.60 Å². The fraction of sp³-hybridized carbons (Fsp3) is 0.588. The Kier molecular flexibility index (Phi) is 5.08. The molecule has 1 aromatic rings. The van der Waals surface area contributed by atoms with Gasteiger partial charge >= 0.3 is 6.09 Å². The van der Waals surface area contributed by atoms with Crippen molar-refractivity contribution in [1.29, 1.82) is 0 Å². The first-order valence-electron chi connectivity index (χ1n) is 7.73. The van der Waals surface area contributed by atoms with Gasteiger partial charge in [0.25, 0.3) is 0 Å². The van der Waals surface area contributed by atoms with Crippen LogP contribution in [0.15, 0.2) is 30.3 Å². The fourth-order valence-corrected chi connectivity index (χ4v) is 2.94. The van der Waals surface area contributed by atoms with E-state index in [1.807, 2.05) is 58.0 Å². The Morgan fingerprint density at radius 2 is 1.95 bits per heavy atom. The number of amides is 1. The van der Waals surface area contributed by atoms with E-state index in [9.17, 15) is 9.90 Å². The Morgan fingerprint density at radius 1 is 1.32 bits per heavy atom. The number of alkyl carbamates (subject to hydrolysis) is 1. The van der Waals surface area contributed by atoms with Crippen LogP contribution in [0.25, 0.3) is 0 Å². The van der Waals surface area contributed by atoms with Gasteiger partial charge in [0.05, 0.1) is 12.1 Å². The van der Waals surface area contributed by atoms with Crippen molar-refractivity contribution in [2.75, 3.05) is 6.61 Å². The van der Waals surface area contributed by atoms with Crippen molar-refractivity contribution < 1.29 is 14.6 Å². The van der Waals surface area contributed by atoms with Gasteiger partial charge in [-0.25, -0.2) is 4.79 Å². The molecule has 5 heteroatoms. The SMILES string of the molecule is CC1NC(c2ccccc2)C(NC(=O)OC(C)(C)C)C1CO. The van der Waals surface area contributed by atoms with Crippen LogP contribution in [0.5, 0.6) is 0 Å². The zero-order chi connectivity index (χ0) is 16.3. The molecule has 1 fully saturated rings. The molecule has 1 saturated heterocycles. The molecular weight excluding hydrogens is 280 g/mol. The number of aliphatic hydroxyl groups is 1. The first kappa shape index (κ1) is 16.8. The molecule has 0 aromatic heterocycles. The Balaban J connectivity index is 2.17. The lowest BCUT2D eigenvalue weighted by atomic mass is 9.92. The maximum atomic E-state index is 12.1. The molecule has 4 unspecified atom stereocenters. The third kappa shape index (κ3) is 3.99. The van der Waals surface area contributed by atoms with Crippen LogP contribution >= 0.6 is 0 Å². The van der Waals surface area contributed by atoms with Crippen LogP contribution < -0.4 is 10.6 Å². The van der Waals surface area contributed by atoms with Crippen molar-refractivity contribution in [2.45, 2.75) is 51.4 Å². The van der Waals surface area contributed by atoms with E-state index < -0.39 is 11.7 Å². The number of hydrogen-bond donors (Lipinski definition) is 3.